The van der Waals surface area contributed by atoms with Crippen LogP contribution in [0.4, 0.5) is 19.3 Å². The number of nitrogens with one attached hydrogen (secondary N) is 2. The first-order valence-electron chi connectivity index (χ1n) is 7.78. The summed E-state index contributed by atoms with van der Waals surface area (Å²) in [5.41, 5.74) is 1.18. The molecule has 0 aliphatic heterocycles. The van der Waals surface area contributed by atoms with E-state index in [0.717, 1.165) is 0 Å². The molecule has 2 amide bonds. The summed E-state index contributed by atoms with van der Waals surface area (Å²) in [6.07, 6.45) is -1.15. The summed E-state index contributed by atoms with van der Waals surface area (Å²) in [5.74, 6) is -0.909. The molecule has 5 nitrogen and oxygen atoms in total. The predicted molar refractivity (Wildman–Crippen MR) is 92.3 cm³/mol. The Hall–Kier alpha value is -2.67. The summed E-state index contributed by atoms with van der Waals surface area (Å²) in [4.78, 5) is 13.4. The molecule has 0 spiro atoms. The van der Waals surface area contributed by atoms with E-state index in [4.69, 9.17) is 0 Å². The molecule has 25 heavy (non-hydrogen) atoms. The molecular formula is C18H21F2N3O2. The summed E-state index contributed by atoms with van der Waals surface area (Å²) < 4.78 is 27.4. The first-order chi connectivity index (χ1) is 11.9. The number of urea groups is 1. The van der Waals surface area contributed by atoms with Crippen molar-refractivity contribution < 1.29 is 18.7 Å². The number of aliphatic hydroxyl groups excluding tert-OH is 1. The van der Waals surface area contributed by atoms with Gasteiger partial charge in [-0.05, 0) is 23.8 Å². The number of aliphatic hydroxyl groups is 1. The number of carbonyl (C=O) groups excluding carboxylic acids is 1. The number of rotatable bonds is 6. The monoisotopic (exact) mass is 349 g/mol. The third-order valence-corrected chi connectivity index (χ3v) is 3.67. The molecular weight excluding hydrogens is 328 g/mol. The predicted octanol–water partition coefficient (Wildman–Crippen LogP) is 2.56. The SMILES string of the molecule is CN(C)c1ccc(CNC(=O)NCC(O)c2ccccc2F)cc1F. The Morgan fingerprint density at radius 3 is 2.48 bits per heavy atom. The number of halogens is 2. The van der Waals surface area contributed by atoms with E-state index < -0.39 is 18.0 Å². The highest BCUT2D eigenvalue weighted by Gasteiger charge is 2.13. The van der Waals surface area contributed by atoms with Crippen molar-refractivity contribution in [2.24, 2.45) is 0 Å². The van der Waals surface area contributed by atoms with Gasteiger partial charge in [0.15, 0.2) is 0 Å². The number of anilines is 1. The quantitative estimate of drug-likeness (QED) is 0.751. The Labute approximate surface area is 145 Å². The Bertz CT molecular complexity index is 738. The summed E-state index contributed by atoms with van der Waals surface area (Å²) in [6, 6.07) is 9.98. The first kappa shape index (κ1) is 18.7. The fourth-order valence-corrected chi connectivity index (χ4v) is 2.31. The zero-order chi connectivity index (χ0) is 18.4. The van der Waals surface area contributed by atoms with E-state index in [1.54, 1.807) is 37.2 Å². The third-order valence-electron chi connectivity index (χ3n) is 3.67. The Kier molecular flexibility index (Phi) is 6.30. The number of nitrogens with zero attached hydrogens (tertiary/aromatic N) is 1. The minimum Gasteiger partial charge on any atom is -0.386 e. The van der Waals surface area contributed by atoms with Crippen LogP contribution in [0, 0.1) is 11.6 Å². The van der Waals surface area contributed by atoms with Crippen LogP contribution in [-0.4, -0.2) is 31.8 Å². The van der Waals surface area contributed by atoms with E-state index in [1.807, 2.05) is 0 Å². The van der Waals surface area contributed by atoms with Gasteiger partial charge in [-0.1, -0.05) is 24.3 Å². The molecule has 0 heterocycles. The molecule has 7 heteroatoms. The Balaban J connectivity index is 1.83. The maximum atomic E-state index is 13.9. The van der Waals surface area contributed by atoms with E-state index in [2.05, 4.69) is 10.6 Å². The van der Waals surface area contributed by atoms with Crippen molar-refractivity contribution in [2.75, 3.05) is 25.5 Å². The average Bonchev–Trinajstić information content (AvgIpc) is 2.58. The highest BCUT2D eigenvalue weighted by molar-refractivity contribution is 5.73. The van der Waals surface area contributed by atoms with Crippen molar-refractivity contribution in [3.8, 4) is 0 Å². The van der Waals surface area contributed by atoms with E-state index in [1.165, 1.54) is 24.3 Å². The Morgan fingerprint density at radius 1 is 1.12 bits per heavy atom. The molecule has 0 radical (unpaired) electrons. The molecule has 0 aliphatic carbocycles. The number of hydrogen-bond acceptors (Lipinski definition) is 3. The molecule has 0 saturated heterocycles. The molecule has 1 atom stereocenters. The number of hydrogen-bond donors (Lipinski definition) is 3. The van der Waals surface area contributed by atoms with Crippen molar-refractivity contribution in [3.05, 3.63) is 65.2 Å². The lowest BCUT2D eigenvalue weighted by molar-refractivity contribution is 0.169. The van der Waals surface area contributed by atoms with Crippen LogP contribution >= 0.6 is 0 Å². The van der Waals surface area contributed by atoms with E-state index in [0.29, 0.717) is 11.3 Å². The average molecular weight is 349 g/mol. The minimum absolute atomic E-state index is 0.115. The summed E-state index contributed by atoms with van der Waals surface area (Å²) in [6.45, 7) is -0.00699. The number of benzene rings is 2. The van der Waals surface area contributed by atoms with Gasteiger partial charge in [0.05, 0.1) is 11.8 Å². The van der Waals surface area contributed by atoms with E-state index in [-0.39, 0.29) is 24.5 Å². The highest BCUT2D eigenvalue weighted by atomic mass is 19.1. The molecule has 3 N–H and O–H groups in total. The van der Waals surface area contributed by atoms with Crippen LogP contribution < -0.4 is 15.5 Å². The van der Waals surface area contributed by atoms with Crippen LogP contribution in [0.25, 0.3) is 0 Å². The molecule has 1 unspecified atom stereocenters. The highest BCUT2D eigenvalue weighted by Crippen LogP contribution is 2.18. The lowest BCUT2D eigenvalue weighted by Crippen LogP contribution is -2.37. The fraction of sp³-hybridized carbons (Fsp3) is 0.278. The van der Waals surface area contributed by atoms with Crippen LogP contribution in [0.3, 0.4) is 0 Å². The van der Waals surface area contributed by atoms with Gasteiger partial charge in [-0.2, -0.15) is 0 Å². The van der Waals surface area contributed by atoms with Crippen molar-refractivity contribution in [2.45, 2.75) is 12.6 Å². The smallest absolute Gasteiger partial charge is 0.315 e. The number of amides is 2. The molecule has 0 saturated carbocycles. The van der Waals surface area contributed by atoms with Crippen LogP contribution in [0.15, 0.2) is 42.5 Å². The first-order valence-corrected chi connectivity index (χ1v) is 7.78. The maximum Gasteiger partial charge on any atom is 0.315 e. The van der Waals surface area contributed by atoms with E-state index >= 15 is 0 Å². The summed E-state index contributed by atoms with van der Waals surface area (Å²) in [7, 11) is 3.48. The van der Waals surface area contributed by atoms with Crippen LogP contribution in [0.2, 0.25) is 0 Å². The zero-order valence-corrected chi connectivity index (χ0v) is 14.1. The molecule has 0 fully saturated rings. The second-order valence-corrected chi connectivity index (χ2v) is 5.78. The molecule has 2 aromatic rings. The molecule has 134 valence electrons. The molecule has 0 aliphatic rings. The van der Waals surface area contributed by atoms with Crippen molar-refractivity contribution >= 4 is 11.7 Å². The van der Waals surface area contributed by atoms with Gasteiger partial charge < -0.3 is 20.6 Å². The fourth-order valence-electron chi connectivity index (χ4n) is 2.31. The van der Waals surface area contributed by atoms with Crippen LogP contribution in [0.1, 0.15) is 17.2 Å². The van der Waals surface area contributed by atoms with Crippen molar-refractivity contribution in [3.63, 3.8) is 0 Å². The normalized spacial score (nSPS) is 11.7. The lowest BCUT2D eigenvalue weighted by atomic mass is 10.1. The lowest BCUT2D eigenvalue weighted by Gasteiger charge is -2.15. The van der Waals surface area contributed by atoms with Gasteiger partial charge in [0.1, 0.15) is 11.6 Å². The zero-order valence-electron chi connectivity index (χ0n) is 14.1. The second-order valence-electron chi connectivity index (χ2n) is 5.78. The van der Waals surface area contributed by atoms with Gasteiger partial charge in [0, 0.05) is 32.7 Å². The minimum atomic E-state index is -1.15. The summed E-state index contributed by atoms with van der Waals surface area (Å²) >= 11 is 0. The third kappa shape index (κ3) is 5.15. The van der Waals surface area contributed by atoms with Gasteiger partial charge >= 0.3 is 6.03 Å². The molecule has 0 bridgehead atoms. The van der Waals surface area contributed by atoms with Crippen molar-refractivity contribution in [1.82, 2.24) is 10.6 Å². The van der Waals surface area contributed by atoms with Crippen molar-refractivity contribution in [1.29, 1.82) is 0 Å². The molecule has 0 aromatic heterocycles. The van der Waals surface area contributed by atoms with Gasteiger partial charge in [-0.3, -0.25) is 0 Å². The Morgan fingerprint density at radius 2 is 1.84 bits per heavy atom. The van der Waals surface area contributed by atoms with Crippen LogP contribution in [-0.2, 0) is 6.54 Å². The van der Waals surface area contributed by atoms with E-state index in [9.17, 15) is 18.7 Å². The topological polar surface area (TPSA) is 64.6 Å². The molecule has 2 aromatic carbocycles. The van der Waals surface area contributed by atoms with Gasteiger partial charge in [0.2, 0.25) is 0 Å². The second kappa shape index (κ2) is 8.43. The number of carbonyl (C=O) groups is 1. The van der Waals surface area contributed by atoms with Gasteiger partial charge in [-0.15, -0.1) is 0 Å². The standard InChI is InChI=1S/C18H21F2N3O2/c1-23(2)16-8-7-12(9-15(16)20)10-21-18(25)22-11-17(24)13-5-3-4-6-14(13)19/h3-9,17,24H,10-11H2,1-2H3,(H2,21,22,25). The maximum absolute atomic E-state index is 13.9. The molecule has 2 rings (SSSR count). The van der Waals surface area contributed by atoms with Crippen LogP contribution in [0.5, 0.6) is 0 Å². The summed E-state index contributed by atoms with van der Waals surface area (Å²) in [5, 5.41) is 14.9. The van der Waals surface area contributed by atoms with Gasteiger partial charge in [-0.25, -0.2) is 13.6 Å². The van der Waals surface area contributed by atoms with Gasteiger partial charge in [0.25, 0.3) is 0 Å². The largest absolute Gasteiger partial charge is 0.386 e.